The van der Waals surface area contributed by atoms with Crippen molar-refractivity contribution < 1.29 is 17.9 Å². The Morgan fingerprint density at radius 2 is 1.72 bits per heavy atom. The Balaban J connectivity index is 2.83. The van der Waals surface area contributed by atoms with E-state index >= 15 is 0 Å². The van der Waals surface area contributed by atoms with Crippen molar-refractivity contribution in [2.45, 2.75) is 26.9 Å². The summed E-state index contributed by atoms with van der Waals surface area (Å²) in [6.45, 7) is 4.64. The number of ether oxygens (including phenoxy) is 1. The van der Waals surface area contributed by atoms with Gasteiger partial charge in [0.15, 0.2) is 0 Å². The topological polar surface area (TPSA) is 35.2 Å². The maximum atomic E-state index is 12.5. The third-order valence-corrected chi connectivity index (χ3v) is 3.05. The molecule has 5 heteroatoms. The van der Waals surface area contributed by atoms with Crippen LogP contribution in [0.15, 0.2) is 12.1 Å². The number of rotatable bonds is 4. The van der Waals surface area contributed by atoms with Crippen molar-refractivity contribution in [2.75, 3.05) is 13.2 Å². The van der Waals surface area contributed by atoms with Gasteiger partial charge in [0.25, 0.3) is 0 Å². The first-order chi connectivity index (χ1) is 8.27. The zero-order chi connectivity index (χ0) is 13.9. The molecule has 0 aliphatic rings. The molecule has 102 valence electrons. The molecule has 1 aromatic rings. The van der Waals surface area contributed by atoms with Crippen LogP contribution in [-0.2, 0) is 0 Å². The third kappa shape index (κ3) is 3.38. The van der Waals surface area contributed by atoms with Gasteiger partial charge in [-0.1, -0.05) is 12.1 Å². The maximum absolute atomic E-state index is 12.5. The number of benzene rings is 1. The van der Waals surface area contributed by atoms with E-state index in [1.54, 1.807) is 0 Å². The molecule has 0 aromatic heterocycles. The second-order valence-corrected chi connectivity index (χ2v) is 4.44. The van der Waals surface area contributed by atoms with Gasteiger partial charge < -0.3 is 10.5 Å². The number of aryl methyl sites for hydroxylation is 2. The molecule has 0 spiro atoms. The van der Waals surface area contributed by atoms with Gasteiger partial charge in [-0.3, -0.25) is 0 Å². The van der Waals surface area contributed by atoms with E-state index in [0.717, 1.165) is 16.7 Å². The first-order valence-electron chi connectivity index (χ1n) is 5.73. The molecule has 2 nitrogen and oxygen atoms in total. The standard InChI is InChI=1S/C13H18F3NO/c1-8-4-5-9(2)12(10(8)3)18-7-11(6-17)13(14,15)16/h4-5,11H,6-7,17H2,1-3H3. The van der Waals surface area contributed by atoms with Gasteiger partial charge in [-0.15, -0.1) is 0 Å². The molecular formula is C13H18F3NO. The Kier molecular flexibility index (Phi) is 4.62. The van der Waals surface area contributed by atoms with Crippen LogP contribution < -0.4 is 10.5 Å². The quantitative estimate of drug-likeness (QED) is 0.903. The molecule has 1 atom stereocenters. The maximum Gasteiger partial charge on any atom is 0.396 e. The molecule has 18 heavy (non-hydrogen) atoms. The fourth-order valence-corrected chi connectivity index (χ4v) is 1.63. The molecular weight excluding hydrogens is 243 g/mol. The summed E-state index contributed by atoms with van der Waals surface area (Å²) in [5.74, 6) is -1.10. The van der Waals surface area contributed by atoms with E-state index in [0.29, 0.717) is 5.75 Å². The lowest BCUT2D eigenvalue weighted by Gasteiger charge is -2.21. The van der Waals surface area contributed by atoms with Crippen molar-refractivity contribution in [2.24, 2.45) is 11.7 Å². The third-order valence-electron chi connectivity index (χ3n) is 3.05. The molecule has 0 saturated carbocycles. The highest BCUT2D eigenvalue weighted by atomic mass is 19.4. The minimum atomic E-state index is -4.32. The minimum Gasteiger partial charge on any atom is -0.492 e. The lowest BCUT2D eigenvalue weighted by molar-refractivity contribution is -0.178. The average Bonchev–Trinajstić information content (AvgIpc) is 2.27. The van der Waals surface area contributed by atoms with Crippen molar-refractivity contribution in [1.82, 2.24) is 0 Å². The Hall–Kier alpha value is -1.23. The van der Waals surface area contributed by atoms with Crippen molar-refractivity contribution >= 4 is 0 Å². The van der Waals surface area contributed by atoms with Crippen molar-refractivity contribution in [3.63, 3.8) is 0 Å². The average molecular weight is 261 g/mol. The first-order valence-corrected chi connectivity index (χ1v) is 5.73. The van der Waals surface area contributed by atoms with E-state index in [9.17, 15) is 13.2 Å². The van der Waals surface area contributed by atoms with E-state index < -0.39 is 25.2 Å². The van der Waals surface area contributed by atoms with Crippen LogP contribution in [0.3, 0.4) is 0 Å². The van der Waals surface area contributed by atoms with Crippen LogP contribution in [0.4, 0.5) is 13.2 Å². The van der Waals surface area contributed by atoms with Gasteiger partial charge in [0, 0.05) is 6.54 Å². The van der Waals surface area contributed by atoms with Crippen molar-refractivity contribution in [3.05, 3.63) is 28.8 Å². The Morgan fingerprint density at radius 3 is 2.22 bits per heavy atom. The molecule has 0 heterocycles. The molecule has 1 rings (SSSR count). The molecule has 1 unspecified atom stereocenters. The summed E-state index contributed by atoms with van der Waals surface area (Å²) in [7, 11) is 0. The fraction of sp³-hybridized carbons (Fsp3) is 0.538. The van der Waals surface area contributed by atoms with E-state index in [4.69, 9.17) is 10.5 Å². The zero-order valence-electron chi connectivity index (χ0n) is 10.8. The number of hydrogen-bond donors (Lipinski definition) is 1. The van der Waals surface area contributed by atoms with Gasteiger partial charge in [-0.05, 0) is 37.5 Å². The number of hydrogen-bond acceptors (Lipinski definition) is 2. The van der Waals surface area contributed by atoms with Gasteiger partial charge >= 0.3 is 6.18 Å². The molecule has 0 saturated heterocycles. The van der Waals surface area contributed by atoms with Gasteiger partial charge in [0.05, 0.1) is 0 Å². The predicted octanol–water partition coefficient (Wildman–Crippen LogP) is 3.13. The van der Waals surface area contributed by atoms with Crippen molar-refractivity contribution in [3.8, 4) is 5.75 Å². The molecule has 0 aliphatic heterocycles. The van der Waals surface area contributed by atoms with Crippen LogP contribution in [0.25, 0.3) is 0 Å². The summed E-state index contributed by atoms with van der Waals surface area (Å²) in [5, 5.41) is 0. The monoisotopic (exact) mass is 261 g/mol. The fourth-order valence-electron chi connectivity index (χ4n) is 1.63. The molecule has 1 aromatic carbocycles. The molecule has 0 amide bonds. The van der Waals surface area contributed by atoms with Crippen LogP contribution in [0.5, 0.6) is 5.75 Å². The smallest absolute Gasteiger partial charge is 0.396 e. The number of halogens is 3. The lowest BCUT2D eigenvalue weighted by Crippen LogP contribution is -2.35. The number of nitrogens with two attached hydrogens (primary N) is 1. The second-order valence-electron chi connectivity index (χ2n) is 4.44. The Bertz CT molecular complexity index is 415. The van der Waals surface area contributed by atoms with Gasteiger partial charge in [0.2, 0.25) is 0 Å². The molecule has 0 fully saturated rings. The minimum absolute atomic E-state index is 0.439. The summed E-state index contributed by atoms with van der Waals surface area (Å²) < 4.78 is 43.0. The second kappa shape index (κ2) is 5.61. The summed E-state index contributed by atoms with van der Waals surface area (Å²) in [4.78, 5) is 0. The Morgan fingerprint density at radius 1 is 1.17 bits per heavy atom. The highest BCUT2D eigenvalue weighted by Crippen LogP contribution is 2.29. The zero-order valence-corrected chi connectivity index (χ0v) is 10.8. The summed E-state index contributed by atoms with van der Waals surface area (Å²) in [5.41, 5.74) is 7.82. The highest BCUT2D eigenvalue weighted by molar-refractivity contribution is 5.44. The predicted molar refractivity (Wildman–Crippen MR) is 64.7 cm³/mol. The largest absolute Gasteiger partial charge is 0.492 e. The molecule has 0 bridgehead atoms. The van der Waals surface area contributed by atoms with E-state index in [-0.39, 0.29) is 0 Å². The van der Waals surface area contributed by atoms with Gasteiger partial charge in [-0.2, -0.15) is 13.2 Å². The van der Waals surface area contributed by atoms with Crippen LogP contribution in [0.1, 0.15) is 16.7 Å². The SMILES string of the molecule is Cc1ccc(C)c(OCC(CN)C(F)(F)F)c1C. The normalized spacial score (nSPS) is 13.5. The lowest BCUT2D eigenvalue weighted by atomic mass is 10.1. The van der Waals surface area contributed by atoms with Crippen LogP contribution in [0, 0.1) is 26.7 Å². The summed E-state index contributed by atoms with van der Waals surface area (Å²) in [6, 6.07) is 3.75. The van der Waals surface area contributed by atoms with E-state index in [2.05, 4.69) is 0 Å². The van der Waals surface area contributed by atoms with E-state index in [1.807, 2.05) is 32.9 Å². The number of alkyl halides is 3. The van der Waals surface area contributed by atoms with Gasteiger partial charge in [0.1, 0.15) is 18.3 Å². The molecule has 0 radical (unpaired) electrons. The first kappa shape index (κ1) is 14.8. The van der Waals surface area contributed by atoms with Crippen LogP contribution in [0.2, 0.25) is 0 Å². The molecule has 0 aliphatic carbocycles. The highest BCUT2D eigenvalue weighted by Gasteiger charge is 2.39. The van der Waals surface area contributed by atoms with Gasteiger partial charge in [-0.25, -0.2) is 0 Å². The summed E-state index contributed by atoms with van der Waals surface area (Å²) in [6.07, 6.45) is -4.32. The van der Waals surface area contributed by atoms with E-state index in [1.165, 1.54) is 0 Å². The van der Waals surface area contributed by atoms with Crippen molar-refractivity contribution in [1.29, 1.82) is 0 Å². The van der Waals surface area contributed by atoms with Crippen LogP contribution >= 0.6 is 0 Å². The van der Waals surface area contributed by atoms with Crippen LogP contribution in [-0.4, -0.2) is 19.3 Å². The molecule has 2 N–H and O–H groups in total. The summed E-state index contributed by atoms with van der Waals surface area (Å²) >= 11 is 0. The Labute approximate surface area is 105 Å².